The molecule has 1 rings (SSSR count). The Kier molecular flexibility index (Phi) is 7.10. The average Bonchev–Trinajstić information content (AvgIpc) is 2.48. The highest BCUT2D eigenvalue weighted by Crippen LogP contribution is 2.42. The van der Waals surface area contributed by atoms with Crippen LogP contribution in [0.5, 0.6) is 0 Å². The maximum Gasteiger partial charge on any atom is 0.417 e. The van der Waals surface area contributed by atoms with E-state index in [4.69, 9.17) is 4.74 Å². The molecule has 0 bridgehead atoms. The van der Waals surface area contributed by atoms with Crippen molar-refractivity contribution in [2.75, 3.05) is 6.61 Å². The number of esters is 1. The minimum absolute atomic E-state index is 0.129. The number of hydrogen-bond acceptors (Lipinski definition) is 2. The first kappa shape index (κ1) is 20.3. The minimum atomic E-state index is -5.32. The fourth-order valence-corrected chi connectivity index (χ4v) is 2.21. The van der Waals surface area contributed by atoms with Crippen LogP contribution in [0.4, 0.5) is 26.3 Å². The second kappa shape index (κ2) is 8.39. The summed E-state index contributed by atoms with van der Waals surface area (Å²) in [5.41, 5.74) is -5.02. The maximum atomic E-state index is 13.0. The molecule has 1 aromatic rings. The zero-order chi connectivity index (χ0) is 18.4. The summed E-state index contributed by atoms with van der Waals surface area (Å²) in [5, 5.41) is 0. The molecule has 1 aromatic carbocycles. The van der Waals surface area contributed by atoms with E-state index in [1.54, 1.807) is 0 Å². The second-order valence-corrected chi connectivity index (χ2v) is 5.27. The van der Waals surface area contributed by atoms with Gasteiger partial charge in [0.25, 0.3) is 0 Å². The van der Waals surface area contributed by atoms with Gasteiger partial charge in [-0.1, -0.05) is 38.7 Å². The summed E-state index contributed by atoms with van der Waals surface area (Å²) in [6.07, 6.45) is -6.48. The molecule has 0 saturated heterocycles. The summed E-state index contributed by atoms with van der Waals surface area (Å²) in [6, 6.07) is 1.75. The lowest BCUT2D eigenvalue weighted by atomic mass is 10.00. The van der Waals surface area contributed by atoms with Gasteiger partial charge in [0.05, 0.1) is 23.3 Å². The Balaban J connectivity index is 2.93. The predicted octanol–water partition coefficient (Wildman–Crippen LogP) is 5.85. The number of ether oxygens (including phenoxy) is 1. The molecular formula is C16H18F6O2. The summed E-state index contributed by atoms with van der Waals surface area (Å²) in [5.74, 6) is -1.40. The second-order valence-electron chi connectivity index (χ2n) is 5.27. The summed E-state index contributed by atoms with van der Waals surface area (Å²) >= 11 is 0. The van der Waals surface area contributed by atoms with Crippen LogP contribution in [0.1, 0.15) is 60.5 Å². The molecule has 0 N–H and O–H groups in total. The lowest BCUT2D eigenvalue weighted by molar-refractivity contribution is -0.162. The SMILES string of the molecule is CCCCCCCOC(=O)c1cccc(C(F)(F)F)c1C(F)(F)F. The first-order chi connectivity index (χ1) is 11.1. The maximum absolute atomic E-state index is 13.0. The largest absolute Gasteiger partial charge is 0.462 e. The van der Waals surface area contributed by atoms with Gasteiger partial charge in [0.1, 0.15) is 0 Å². The van der Waals surface area contributed by atoms with Crippen molar-refractivity contribution in [2.45, 2.75) is 51.4 Å². The standard InChI is InChI=1S/C16H18F6O2/c1-2-3-4-5-6-10-24-14(23)11-8-7-9-12(15(17,18)19)13(11)16(20,21)22/h7-9H,2-6,10H2,1H3. The predicted molar refractivity (Wildman–Crippen MR) is 75.5 cm³/mol. The third-order valence-corrected chi connectivity index (χ3v) is 3.35. The molecular weight excluding hydrogens is 338 g/mol. The summed E-state index contributed by atoms with van der Waals surface area (Å²) in [4.78, 5) is 11.8. The topological polar surface area (TPSA) is 26.3 Å². The van der Waals surface area contributed by atoms with E-state index in [0.29, 0.717) is 18.6 Å². The van der Waals surface area contributed by atoms with E-state index in [2.05, 4.69) is 0 Å². The number of halogens is 6. The Morgan fingerprint density at radius 3 is 2.12 bits per heavy atom. The minimum Gasteiger partial charge on any atom is -0.462 e. The van der Waals surface area contributed by atoms with Gasteiger partial charge in [-0.15, -0.1) is 0 Å². The number of hydrogen-bond donors (Lipinski definition) is 0. The van der Waals surface area contributed by atoms with Gasteiger partial charge in [-0.3, -0.25) is 0 Å². The quantitative estimate of drug-likeness (QED) is 0.348. The third kappa shape index (κ3) is 5.72. The zero-order valence-corrected chi connectivity index (χ0v) is 13.1. The van der Waals surface area contributed by atoms with E-state index in [1.807, 2.05) is 6.92 Å². The normalized spacial score (nSPS) is 12.3. The highest BCUT2D eigenvalue weighted by Gasteiger charge is 2.46. The van der Waals surface area contributed by atoms with E-state index in [-0.39, 0.29) is 6.61 Å². The molecule has 8 heteroatoms. The molecule has 0 aliphatic rings. The monoisotopic (exact) mass is 356 g/mol. The van der Waals surface area contributed by atoms with Crippen LogP contribution in [0.15, 0.2) is 18.2 Å². The van der Waals surface area contributed by atoms with Gasteiger partial charge in [0, 0.05) is 0 Å². The molecule has 0 unspecified atom stereocenters. The van der Waals surface area contributed by atoms with Crippen LogP contribution in [0.3, 0.4) is 0 Å². The molecule has 0 aliphatic carbocycles. The van der Waals surface area contributed by atoms with E-state index in [1.165, 1.54) is 0 Å². The van der Waals surface area contributed by atoms with Crippen molar-refractivity contribution >= 4 is 5.97 Å². The first-order valence-electron chi connectivity index (χ1n) is 7.53. The van der Waals surface area contributed by atoms with Crippen molar-refractivity contribution < 1.29 is 35.9 Å². The highest BCUT2D eigenvalue weighted by molar-refractivity contribution is 5.91. The van der Waals surface area contributed by atoms with E-state index in [9.17, 15) is 31.1 Å². The van der Waals surface area contributed by atoms with Crippen LogP contribution in [0.2, 0.25) is 0 Å². The van der Waals surface area contributed by atoms with Crippen LogP contribution in [-0.4, -0.2) is 12.6 Å². The van der Waals surface area contributed by atoms with E-state index in [0.717, 1.165) is 31.7 Å². The average molecular weight is 356 g/mol. The van der Waals surface area contributed by atoms with Crippen molar-refractivity contribution in [1.82, 2.24) is 0 Å². The summed E-state index contributed by atoms with van der Waals surface area (Å²) in [7, 11) is 0. The smallest absolute Gasteiger partial charge is 0.417 e. The fourth-order valence-electron chi connectivity index (χ4n) is 2.21. The Morgan fingerprint density at radius 2 is 1.58 bits per heavy atom. The van der Waals surface area contributed by atoms with Crippen LogP contribution < -0.4 is 0 Å². The van der Waals surface area contributed by atoms with Crippen LogP contribution >= 0.6 is 0 Å². The van der Waals surface area contributed by atoms with Gasteiger partial charge < -0.3 is 4.74 Å². The zero-order valence-electron chi connectivity index (χ0n) is 13.1. The molecule has 0 aromatic heterocycles. The molecule has 0 amide bonds. The van der Waals surface area contributed by atoms with Crippen molar-refractivity contribution in [3.05, 3.63) is 34.9 Å². The molecule has 24 heavy (non-hydrogen) atoms. The van der Waals surface area contributed by atoms with Gasteiger partial charge in [-0.05, 0) is 18.6 Å². The Bertz CT molecular complexity index is 548. The van der Waals surface area contributed by atoms with Crippen molar-refractivity contribution in [2.24, 2.45) is 0 Å². The molecule has 136 valence electrons. The van der Waals surface area contributed by atoms with Crippen LogP contribution in [0, 0.1) is 0 Å². The van der Waals surface area contributed by atoms with Gasteiger partial charge in [0.15, 0.2) is 0 Å². The molecule has 0 spiro atoms. The third-order valence-electron chi connectivity index (χ3n) is 3.35. The molecule has 0 atom stereocenters. The van der Waals surface area contributed by atoms with Gasteiger partial charge in [-0.2, -0.15) is 26.3 Å². The molecule has 0 radical (unpaired) electrons. The lowest BCUT2D eigenvalue weighted by Gasteiger charge is -2.18. The molecule has 0 aliphatic heterocycles. The lowest BCUT2D eigenvalue weighted by Crippen LogP contribution is -2.22. The van der Waals surface area contributed by atoms with Gasteiger partial charge >= 0.3 is 18.3 Å². The molecule has 2 nitrogen and oxygen atoms in total. The molecule has 0 fully saturated rings. The van der Waals surface area contributed by atoms with Gasteiger partial charge in [-0.25, -0.2) is 4.79 Å². The molecule has 0 heterocycles. The number of carbonyl (C=O) groups excluding carboxylic acids is 1. The summed E-state index contributed by atoms with van der Waals surface area (Å²) in [6.45, 7) is 1.88. The first-order valence-corrected chi connectivity index (χ1v) is 7.53. The number of rotatable bonds is 7. The highest BCUT2D eigenvalue weighted by atomic mass is 19.4. The Hall–Kier alpha value is -1.73. The number of benzene rings is 1. The van der Waals surface area contributed by atoms with Crippen LogP contribution in [-0.2, 0) is 17.1 Å². The Labute approximate surface area is 135 Å². The van der Waals surface area contributed by atoms with Gasteiger partial charge in [0.2, 0.25) is 0 Å². The summed E-state index contributed by atoms with van der Waals surface area (Å²) < 4.78 is 82.1. The number of unbranched alkanes of at least 4 members (excludes halogenated alkanes) is 4. The van der Waals surface area contributed by atoms with E-state index < -0.39 is 35.0 Å². The van der Waals surface area contributed by atoms with E-state index >= 15 is 0 Å². The van der Waals surface area contributed by atoms with Crippen molar-refractivity contribution in [1.29, 1.82) is 0 Å². The Morgan fingerprint density at radius 1 is 0.958 bits per heavy atom. The van der Waals surface area contributed by atoms with Crippen LogP contribution in [0.25, 0.3) is 0 Å². The number of carbonyl (C=O) groups is 1. The fraction of sp³-hybridized carbons (Fsp3) is 0.562. The number of alkyl halides is 6. The van der Waals surface area contributed by atoms with Crippen molar-refractivity contribution in [3.63, 3.8) is 0 Å². The van der Waals surface area contributed by atoms with Crippen molar-refractivity contribution in [3.8, 4) is 0 Å². The molecule has 0 saturated carbocycles.